The minimum atomic E-state index is -4.67. The summed E-state index contributed by atoms with van der Waals surface area (Å²) in [5, 5.41) is 5.62. The second-order valence-electron chi connectivity index (χ2n) is 10.6. The fourth-order valence-electron chi connectivity index (χ4n) is 5.21. The van der Waals surface area contributed by atoms with Gasteiger partial charge in [0, 0.05) is 50.0 Å². The van der Waals surface area contributed by atoms with E-state index in [1.807, 2.05) is 20.9 Å². The van der Waals surface area contributed by atoms with Gasteiger partial charge in [-0.2, -0.15) is 13.2 Å². The van der Waals surface area contributed by atoms with Gasteiger partial charge in [0.15, 0.2) is 0 Å². The normalized spacial score (nSPS) is 20.4. The van der Waals surface area contributed by atoms with E-state index in [0.717, 1.165) is 12.5 Å². The molecule has 212 valence electrons. The molecular formula is C27H34F4N6O2. The predicted molar refractivity (Wildman–Crippen MR) is 138 cm³/mol. The van der Waals surface area contributed by atoms with Gasteiger partial charge in [-0.05, 0) is 64.3 Å². The van der Waals surface area contributed by atoms with Crippen molar-refractivity contribution >= 4 is 23.5 Å². The zero-order valence-electron chi connectivity index (χ0n) is 22.3. The Balaban J connectivity index is 1.52. The van der Waals surface area contributed by atoms with E-state index in [-0.39, 0.29) is 53.1 Å². The van der Waals surface area contributed by atoms with Crippen LogP contribution in [0.5, 0.6) is 0 Å². The highest BCUT2D eigenvalue weighted by atomic mass is 19.4. The van der Waals surface area contributed by atoms with Gasteiger partial charge in [-0.15, -0.1) is 0 Å². The predicted octanol–water partition coefficient (Wildman–Crippen LogP) is 4.25. The fraction of sp³-hybridized carbons (Fsp3) is 0.556. The molecule has 1 aromatic heterocycles. The first-order chi connectivity index (χ1) is 18.4. The zero-order chi connectivity index (χ0) is 28.3. The molecule has 0 bridgehead atoms. The Labute approximate surface area is 225 Å². The van der Waals surface area contributed by atoms with Crippen molar-refractivity contribution in [3.05, 3.63) is 47.0 Å². The molecule has 1 saturated heterocycles. The number of aromatic nitrogens is 2. The lowest BCUT2D eigenvalue weighted by Crippen LogP contribution is -2.47. The number of alkyl halides is 3. The van der Waals surface area contributed by atoms with Crippen LogP contribution in [0, 0.1) is 17.7 Å². The lowest BCUT2D eigenvalue weighted by atomic mass is 9.89. The number of piperazine rings is 1. The number of hydrogen-bond acceptors (Lipinski definition) is 6. The second-order valence-corrected chi connectivity index (χ2v) is 10.6. The van der Waals surface area contributed by atoms with E-state index in [2.05, 4.69) is 25.5 Å². The largest absolute Gasteiger partial charge is 0.419 e. The van der Waals surface area contributed by atoms with Crippen molar-refractivity contribution in [2.24, 2.45) is 11.8 Å². The maximum atomic E-state index is 14.9. The van der Waals surface area contributed by atoms with Gasteiger partial charge in [-0.1, -0.05) is 6.42 Å². The van der Waals surface area contributed by atoms with Crippen LogP contribution in [0.4, 0.5) is 29.2 Å². The average Bonchev–Trinajstić information content (AvgIpc) is 3.31. The SMILES string of the molecule is CC(C)NC(=O)[C@H]1CCC[C@H]1Cc1nc(Nc2ccc(C(=O)N3CCN(C)CC3)c(F)c2)ncc1C(F)(F)F. The quantitative estimate of drug-likeness (QED) is 0.501. The van der Waals surface area contributed by atoms with E-state index in [0.29, 0.717) is 45.2 Å². The highest BCUT2D eigenvalue weighted by Gasteiger charge is 2.39. The molecule has 1 aliphatic heterocycles. The van der Waals surface area contributed by atoms with Crippen LogP contribution in [0.1, 0.15) is 54.7 Å². The van der Waals surface area contributed by atoms with Crippen molar-refractivity contribution in [1.29, 1.82) is 0 Å². The number of carbonyl (C=O) groups is 2. The van der Waals surface area contributed by atoms with Crippen LogP contribution in [-0.4, -0.2) is 70.9 Å². The summed E-state index contributed by atoms with van der Waals surface area (Å²) in [6, 6.07) is 3.85. The first kappa shape index (κ1) is 28.7. The maximum absolute atomic E-state index is 14.9. The third-order valence-corrected chi connectivity index (χ3v) is 7.30. The first-order valence-corrected chi connectivity index (χ1v) is 13.2. The highest BCUT2D eigenvalue weighted by Crippen LogP contribution is 2.38. The van der Waals surface area contributed by atoms with Crippen LogP contribution in [0.25, 0.3) is 0 Å². The van der Waals surface area contributed by atoms with E-state index in [9.17, 15) is 27.2 Å². The number of halogens is 4. The van der Waals surface area contributed by atoms with Crippen LogP contribution < -0.4 is 10.6 Å². The third-order valence-electron chi connectivity index (χ3n) is 7.30. The monoisotopic (exact) mass is 550 g/mol. The molecule has 39 heavy (non-hydrogen) atoms. The lowest BCUT2D eigenvalue weighted by molar-refractivity contribution is -0.138. The highest BCUT2D eigenvalue weighted by molar-refractivity contribution is 5.95. The molecule has 2 aliphatic rings. The second kappa shape index (κ2) is 11.8. The van der Waals surface area contributed by atoms with Crippen molar-refractivity contribution in [2.75, 3.05) is 38.5 Å². The summed E-state index contributed by atoms with van der Waals surface area (Å²) in [6.07, 6.45) is -2.01. The topological polar surface area (TPSA) is 90.5 Å². The van der Waals surface area contributed by atoms with Crippen LogP contribution in [0.3, 0.4) is 0 Å². The maximum Gasteiger partial charge on any atom is 0.419 e. The average molecular weight is 551 g/mol. The van der Waals surface area contributed by atoms with Crippen molar-refractivity contribution in [1.82, 2.24) is 25.1 Å². The van der Waals surface area contributed by atoms with E-state index in [1.165, 1.54) is 12.1 Å². The van der Waals surface area contributed by atoms with E-state index < -0.39 is 23.5 Å². The molecule has 1 aliphatic carbocycles. The molecule has 2 N–H and O–H groups in total. The van der Waals surface area contributed by atoms with Crippen LogP contribution in [0.15, 0.2) is 24.4 Å². The number of nitrogens with zero attached hydrogens (tertiary/aromatic N) is 4. The number of amides is 2. The van der Waals surface area contributed by atoms with Gasteiger partial charge in [0.05, 0.1) is 16.8 Å². The van der Waals surface area contributed by atoms with Crippen molar-refractivity contribution in [3.63, 3.8) is 0 Å². The Morgan fingerprint density at radius 1 is 1.13 bits per heavy atom. The fourth-order valence-corrected chi connectivity index (χ4v) is 5.21. The molecule has 2 heterocycles. The van der Waals surface area contributed by atoms with Gasteiger partial charge >= 0.3 is 6.18 Å². The van der Waals surface area contributed by atoms with E-state index in [1.54, 1.807) is 4.90 Å². The van der Waals surface area contributed by atoms with E-state index in [4.69, 9.17) is 0 Å². The van der Waals surface area contributed by atoms with Crippen LogP contribution in [-0.2, 0) is 17.4 Å². The Morgan fingerprint density at radius 3 is 2.49 bits per heavy atom. The number of anilines is 2. The molecule has 2 atom stereocenters. The Hall–Kier alpha value is -3.28. The number of likely N-dealkylation sites (N-methyl/N-ethyl adjacent to an activating group) is 1. The van der Waals surface area contributed by atoms with E-state index >= 15 is 0 Å². The molecule has 2 aromatic rings. The molecule has 2 fully saturated rings. The summed E-state index contributed by atoms with van der Waals surface area (Å²) in [7, 11) is 1.95. The Kier molecular flexibility index (Phi) is 8.73. The molecule has 4 rings (SSSR count). The summed E-state index contributed by atoms with van der Waals surface area (Å²) in [6.45, 7) is 6.07. The van der Waals surface area contributed by atoms with Gasteiger partial charge in [0.25, 0.3) is 5.91 Å². The molecular weight excluding hydrogens is 516 g/mol. The molecule has 12 heteroatoms. The smallest absolute Gasteiger partial charge is 0.354 e. The molecule has 1 saturated carbocycles. The summed E-state index contributed by atoms with van der Waals surface area (Å²) in [5.41, 5.74) is -1.05. The number of rotatable bonds is 7. The Bertz CT molecular complexity index is 1200. The number of benzene rings is 1. The first-order valence-electron chi connectivity index (χ1n) is 13.2. The molecule has 2 amide bonds. The van der Waals surface area contributed by atoms with Crippen molar-refractivity contribution in [2.45, 2.75) is 51.7 Å². The zero-order valence-corrected chi connectivity index (χ0v) is 22.3. The summed E-state index contributed by atoms with van der Waals surface area (Å²) < 4.78 is 56.3. The molecule has 1 aromatic carbocycles. The summed E-state index contributed by atoms with van der Waals surface area (Å²) in [5.74, 6) is -2.12. The lowest BCUT2D eigenvalue weighted by Gasteiger charge is -2.32. The Morgan fingerprint density at radius 2 is 1.85 bits per heavy atom. The van der Waals surface area contributed by atoms with Gasteiger partial charge in [0.2, 0.25) is 11.9 Å². The van der Waals surface area contributed by atoms with Gasteiger partial charge in [0.1, 0.15) is 5.82 Å². The minimum absolute atomic E-state index is 0.0327. The number of hydrogen-bond donors (Lipinski definition) is 2. The van der Waals surface area contributed by atoms with Crippen molar-refractivity contribution in [3.8, 4) is 0 Å². The molecule has 0 radical (unpaired) electrons. The number of carbonyl (C=O) groups excluding carboxylic acids is 2. The van der Waals surface area contributed by atoms with Gasteiger partial charge in [-0.3, -0.25) is 9.59 Å². The number of nitrogens with one attached hydrogen (secondary N) is 2. The van der Waals surface area contributed by atoms with Gasteiger partial charge < -0.3 is 20.4 Å². The summed E-state index contributed by atoms with van der Waals surface area (Å²) >= 11 is 0. The van der Waals surface area contributed by atoms with Crippen molar-refractivity contribution < 1.29 is 27.2 Å². The minimum Gasteiger partial charge on any atom is -0.354 e. The third kappa shape index (κ3) is 7.03. The molecule has 0 unspecified atom stereocenters. The standard InChI is InChI=1S/C27H34F4N6O2/c1-16(2)33-24(38)19-6-4-5-17(19)13-23-21(27(29,30)31)15-32-26(35-23)34-18-7-8-20(22(28)14-18)25(39)37-11-9-36(3)10-12-37/h7-8,14-17,19H,4-6,9-13H2,1-3H3,(H,33,38)(H,32,34,35)/t17-,19-/m0/s1. The van der Waals surface area contributed by atoms with Crippen LogP contribution >= 0.6 is 0 Å². The molecule has 8 nitrogen and oxygen atoms in total. The van der Waals surface area contributed by atoms with Crippen LogP contribution in [0.2, 0.25) is 0 Å². The summed E-state index contributed by atoms with van der Waals surface area (Å²) in [4.78, 5) is 37.0. The van der Waals surface area contributed by atoms with Gasteiger partial charge in [-0.25, -0.2) is 14.4 Å². The molecule has 0 spiro atoms.